The molecule has 2 heterocycles. The quantitative estimate of drug-likeness (QED) is 0.852. The molecule has 2 aromatic rings. The Morgan fingerprint density at radius 2 is 2.18 bits per heavy atom. The first kappa shape index (κ1) is 16.2. The zero-order chi connectivity index (χ0) is 15.9. The van der Waals surface area contributed by atoms with E-state index in [9.17, 15) is 9.90 Å². The molecule has 0 amide bonds. The van der Waals surface area contributed by atoms with Gasteiger partial charge in [-0.25, -0.2) is 0 Å². The predicted molar refractivity (Wildman–Crippen MR) is 86.9 cm³/mol. The first-order valence-corrected chi connectivity index (χ1v) is 7.61. The molecule has 118 valence electrons. The normalized spacial score (nSPS) is 11.0. The van der Waals surface area contributed by atoms with Crippen molar-refractivity contribution in [1.82, 2.24) is 14.5 Å². The number of nitrogens with zero attached hydrogens (tertiary/aromatic N) is 3. The topological polar surface area (TPSA) is 58.4 Å². The second-order valence-electron chi connectivity index (χ2n) is 5.55. The first-order valence-electron chi connectivity index (χ1n) is 7.61. The highest BCUT2D eigenvalue weighted by molar-refractivity contribution is 5.21. The Kier molecular flexibility index (Phi) is 5.72. The summed E-state index contributed by atoms with van der Waals surface area (Å²) in [7, 11) is 2.04. The molecule has 22 heavy (non-hydrogen) atoms. The van der Waals surface area contributed by atoms with E-state index < -0.39 is 0 Å². The lowest BCUT2D eigenvalue weighted by atomic mass is 10.2. The minimum atomic E-state index is -0.337. The van der Waals surface area contributed by atoms with Gasteiger partial charge in [0.05, 0.1) is 18.4 Å². The number of rotatable bonds is 7. The Bertz CT molecular complexity index is 653. The van der Waals surface area contributed by atoms with E-state index in [4.69, 9.17) is 0 Å². The third kappa shape index (κ3) is 4.43. The van der Waals surface area contributed by atoms with E-state index in [0.717, 1.165) is 30.8 Å². The van der Waals surface area contributed by atoms with E-state index in [-0.39, 0.29) is 11.2 Å². The van der Waals surface area contributed by atoms with Crippen molar-refractivity contribution in [3.8, 4) is 5.75 Å². The number of hydrogen-bond donors (Lipinski definition) is 1. The molecule has 0 aliphatic heterocycles. The van der Waals surface area contributed by atoms with Crippen LogP contribution in [0.1, 0.15) is 31.2 Å². The highest BCUT2D eigenvalue weighted by Gasteiger charge is 2.09. The molecular weight excluding hydrogens is 278 g/mol. The lowest BCUT2D eigenvalue weighted by Crippen LogP contribution is -2.24. The summed E-state index contributed by atoms with van der Waals surface area (Å²) in [6.45, 7) is 4.34. The van der Waals surface area contributed by atoms with Crippen LogP contribution < -0.4 is 5.43 Å². The summed E-state index contributed by atoms with van der Waals surface area (Å²) in [5.41, 5.74) is 1.44. The van der Waals surface area contributed by atoms with E-state index >= 15 is 0 Å². The highest BCUT2D eigenvalue weighted by Crippen LogP contribution is 2.10. The average Bonchev–Trinajstić information content (AvgIpc) is 2.51. The van der Waals surface area contributed by atoms with Gasteiger partial charge in [-0.3, -0.25) is 9.78 Å². The molecule has 0 atom stereocenters. The number of aromatic hydroxyl groups is 1. The van der Waals surface area contributed by atoms with Gasteiger partial charge in [0.2, 0.25) is 5.43 Å². The lowest BCUT2D eigenvalue weighted by Gasteiger charge is -2.20. The van der Waals surface area contributed by atoms with Crippen LogP contribution in [0.4, 0.5) is 0 Å². The summed E-state index contributed by atoms with van der Waals surface area (Å²) in [6.07, 6.45) is 5.50. The molecule has 0 aliphatic carbocycles. The molecular formula is C17H23N3O2. The van der Waals surface area contributed by atoms with Gasteiger partial charge in [-0.05, 0) is 32.1 Å². The number of aromatic nitrogens is 2. The fourth-order valence-corrected chi connectivity index (χ4v) is 2.34. The third-order valence-corrected chi connectivity index (χ3v) is 3.58. The summed E-state index contributed by atoms with van der Waals surface area (Å²) in [5.74, 6) is -0.226. The maximum atomic E-state index is 11.7. The second kappa shape index (κ2) is 7.75. The molecule has 0 radical (unpaired) electrons. The summed E-state index contributed by atoms with van der Waals surface area (Å²) < 4.78 is 1.89. The van der Waals surface area contributed by atoms with Crippen molar-refractivity contribution >= 4 is 0 Å². The first-order chi connectivity index (χ1) is 10.6. The molecule has 0 unspecified atom stereocenters. The van der Waals surface area contributed by atoms with Crippen LogP contribution in [-0.2, 0) is 13.1 Å². The molecule has 0 aromatic carbocycles. The molecule has 0 bridgehead atoms. The summed E-state index contributed by atoms with van der Waals surface area (Å²) in [6, 6.07) is 7.24. The van der Waals surface area contributed by atoms with Crippen molar-refractivity contribution in [2.75, 3.05) is 13.6 Å². The molecule has 0 spiro atoms. The van der Waals surface area contributed by atoms with Crippen LogP contribution in [0.3, 0.4) is 0 Å². The van der Waals surface area contributed by atoms with Gasteiger partial charge in [-0.2, -0.15) is 0 Å². The summed E-state index contributed by atoms with van der Waals surface area (Å²) in [4.78, 5) is 18.2. The Hall–Kier alpha value is -2.14. The largest absolute Gasteiger partial charge is 0.503 e. The Morgan fingerprint density at radius 1 is 1.36 bits per heavy atom. The summed E-state index contributed by atoms with van der Waals surface area (Å²) in [5, 5.41) is 9.71. The van der Waals surface area contributed by atoms with Gasteiger partial charge in [-0.15, -0.1) is 0 Å². The molecule has 0 aliphatic rings. The highest BCUT2D eigenvalue weighted by atomic mass is 16.3. The fourth-order valence-electron chi connectivity index (χ4n) is 2.34. The van der Waals surface area contributed by atoms with E-state index in [1.807, 2.05) is 29.8 Å². The van der Waals surface area contributed by atoms with E-state index in [0.29, 0.717) is 13.1 Å². The Morgan fingerprint density at radius 3 is 2.86 bits per heavy atom. The lowest BCUT2D eigenvalue weighted by molar-refractivity contribution is 0.310. The second-order valence-corrected chi connectivity index (χ2v) is 5.55. The third-order valence-electron chi connectivity index (χ3n) is 3.58. The van der Waals surface area contributed by atoms with Crippen molar-refractivity contribution in [1.29, 1.82) is 0 Å². The fraction of sp³-hybridized carbons (Fsp3) is 0.412. The molecule has 5 nitrogen and oxygen atoms in total. The predicted octanol–water partition coefficient (Wildman–Crippen LogP) is 2.23. The average molecular weight is 301 g/mol. The summed E-state index contributed by atoms with van der Waals surface area (Å²) >= 11 is 0. The van der Waals surface area contributed by atoms with Gasteiger partial charge in [0.25, 0.3) is 0 Å². The van der Waals surface area contributed by atoms with Crippen molar-refractivity contribution in [3.05, 3.63) is 58.3 Å². The van der Waals surface area contributed by atoms with Gasteiger partial charge in [-0.1, -0.05) is 19.4 Å². The van der Waals surface area contributed by atoms with Gasteiger partial charge in [0, 0.05) is 24.5 Å². The molecule has 2 rings (SSSR count). The molecule has 5 heteroatoms. The van der Waals surface area contributed by atoms with Gasteiger partial charge >= 0.3 is 0 Å². The number of pyridine rings is 2. The maximum absolute atomic E-state index is 11.7. The van der Waals surface area contributed by atoms with Crippen LogP contribution in [0.25, 0.3) is 0 Å². The maximum Gasteiger partial charge on any atom is 0.223 e. The van der Waals surface area contributed by atoms with E-state index in [1.165, 1.54) is 12.3 Å². The van der Waals surface area contributed by atoms with Gasteiger partial charge in [0.15, 0.2) is 5.75 Å². The molecule has 0 saturated carbocycles. The van der Waals surface area contributed by atoms with Crippen LogP contribution in [0.5, 0.6) is 5.75 Å². The minimum absolute atomic E-state index is 0.226. The standard InChI is InChI=1S/C17H23N3O2/c1-3-4-9-19(2)12-15-10-16(21)17(22)13-20(15)11-14-7-5-6-8-18-14/h5-8,10,13,22H,3-4,9,11-12H2,1-2H3. The zero-order valence-electron chi connectivity index (χ0n) is 13.2. The SMILES string of the molecule is CCCCN(C)Cc1cc(=O)c(O)cn1Cc1ccccn1. The van der Waals surface area contributed by atoms with Crippen LogP contribution in [-0.4, -0.2) is 33.1 Å². The van der Waals surface area contributed by atoms with Gasteiger partial charge in [0.1, 0.15) is 0 Å². The number of hydrogen-bond acceptors (Lipinski definition) is 4. The Labute approximate surface area is 130 Å². The van der Waals surface area contributed by atoms with Crippen molar-refractivity contribution in [2.45, 2.75) is 32.9 Å². The van der Waals surface area contributed by atoms with Crippen molar-refractivity contribution < 1.29 is 5.11 Å². The Balaban J connectivity index is 2.23. The molecule has 1 N–H and O–H groups in total. The van der Waals surface area contributed by atoms with E-state index in [2.05, 4.69) is 16.8 Å². The van der Waals surface area contributed by atoms with Crippen LogP contribution >= 0.6 is 0 Å². The van der Waals surface area contributed by atoms with E-state index in [1.54, 1.807) is 6.20 Å². The zero-order valence-corrected chi connectivity index (χ0v) is 13.2. The van der Waals surface area contributed by atoms with Crippen molar-refractivity contribution in [3.63, 3.8) is 0 Å². The molecule has 2 aromatic heterocycles. The van der Waals surface area contributed by atoms with Crippen molar-refractivity contribution in [2.24, 2.45) is 0 Å². The smallest absolute Gasteiger partial charge is 0.223 e. The minimum Gasteiger partial charge on any atom is -0.503 e. The van der Waals surface area contributed by atoms with Crippen LogP contribution in [0.2, 0.25) is 0 Å². The van der Waals surface area contributed by atoms with Gasteiger partial charge < -0.3 is 14.6 Å². The van der Waals surface area contributed by atoms with Crippen LogP contribution in [0.15, 0.2) is 41.5 Å². The monoisotopic (exact) mass is 301 g/mol. The molecule has 0 fully saturated rings. The van der Waals surface area contributed by atoms with Crippen LogP contribution in [0, 0.1) is 0 Å². The number of unbranched alkanes of at least 4 members (excludes halogenated alkanes) is 1. The molecule has 0 saturated heterocycles.